The summed E-state index contributed by atoms with van der Waals surface area (Å²) in [7, 11) is -4.39. The first kappa shape index (κ1) is 46.0. The molecule has 4 atom stereocenters. The zero-order valence-electron chi connectivity index (χ0n) is 31.1. The Hall–Kier alpha value is -2.07. The van der Waals surface area contributed by atoms with Gasteiger partial charge in [-0.2, -0.15) is 0 Å². The van der Waals surface area contributed by atoms with Crippen molar-refractivity contribution in [3.8, 4) is 0 Å². The van der Waals surface area contributed by atoms with Crippen molar-refractivity contribution in [3.63, 3.8) is 0 Å². The Balaban J connectivity index is 2.25. The molecule has 0 aliphatic carbocycles. The van der Waals surface area contributed by atoms with Gasteiger partial charge in [0.15, 0.2) is 6.10 Å². The van der Waals surface area contributed by atoms with Gasteiger partial charge in [0.05, 0.1) is 25.4 Å². The van der Waals surface area contributed by atoms with Crippen molar-refractivity contribution >= 4 is 19.8 Å². The van der Waals surface area contributed by atoms with E-state index in [0.29, 0.717) is 25.0 Å². The molecule has 1 aliphatic heterocycles. The number of hydrogen-bond donors (Lipinski definition) is 2. The molecule has 0 radical (unpaired) electrons. The Bertz CT molecular complexity index is 1030. The Kier molecular flexibility index (Phi) is 29.1. The van der Waals surface area contributed by atoms with Gasteiger partial charge in [0.2, 0.25) is 0 Å². The van der Waals surface area contributed by atoms with Crippen LogP contribution in [-0.4, -0.2) is 61.5 Å². The summed E-state index contributed by atoms with van der Waals surface area (Å²) in [6, 6.07) is 0. The number of phosphoric ester groups is 1. The number of carbonyl (C=O) groups excluding carboxylic acids is 2. The Morgan fingerprint density at radius 1 is 0.720 bits per heavy atom. The summed E-state index contributed by atoms with van der Waals surface area (Å²) in [5.74, 6) is -0.916. The van der Waals surface area contributed by atoms with E-state index in [9.17, 15) is 19.0 Å². The van der Waals surface area contributed by atoms with Gasteiger partial charge >= 0.3 is 19.8 Å². The van der Waals surface area contributed by atoms with Gasteiger partial charge in [-0.15, -0.1) is 0 Å². The Morgan fingerprint density at radius 3 is 2.08 bits per heavy atom. The number of carbonyl (C=O) groups is 2. The van der Waals surface area contributed by atoms with E-state index in [0.717, 1.165) is 64.2 Å². The van der Waals surface area contributed by atoms with Gasteiger partial charge in [-0.3, -0.25) is 18.6 Å². The molecule has 1 saturated heterocycles. The monoisotopic (exact) mass is 725 g/mol. The average molecular weight is 726 g/mol. The maximum absolute atomic E-state index is 12.5. The SMILES string of the molecule is CCCC/C=C\CCCCCCCC(=O)O[C@H](COC(=O)CCC/C=C\C/C=C\C/C=C\CC1OC1CCCCC)COP(=O)(O)OCCN. The quantitative estimate of drug-likeness (QED) is 0.0216. The van der Waals surface area contributed by atoms with E-state index >= 15 is 0 Å². The van der Waals surface area contributed by atoms with Crippen LogP contribution in [0.5, 0.6) is 0 Å². The van der Waals surface area contributed by atoms with Crippen LogP contribution in [0.15, 0.2) is 48.6 Å². The molecule has 1 aliphatic rings. The van der Waals surface area contributed by atoms with E-state index in [1.807, 2.05) is 6.08 Å². The number of esters is 2. The van der Waals surface area contributed by atoms with Crippen LogP contribution in [0.3, 0.4) is 0 Å². The first-order valence-corrected chi connectivity index (χ1v) is 20.7. The molecular formula is C39H68NO9P. The highest BCUT2D eigenvalue weighted by Gasteiger charge is 2.36. The fraction of sp³-hybridized carbons (Fsp3) is 0.744. The van der Waals surface area contributed by atoms with Crippen LogP contribution in [0, 0.1) is 0 Å². The maximum Gasteiger partial charge on any atom is 0.472 e. The third kappa shape index (κ3) is 28.6. The number of phosphoric acid groups is 1. The van der Waals surface area contributed by atoms with Gasteiger partial charge in [-0.05, 0) is 64.2 Å². The molecule has 288 valence electrons. The summed E-state index contributed by atoms with van der Waals surface area (Å²) >= 11 is 0. The summed E-state index contributed by atoms with van der Waals surface area (Å²) in [6.07, 6.45) is 36.1. The number of unbranched alkanes of at least 4 members (excludes halogenated alkanes) is 10. The molecule has 1 heterocycles. The minimum absolute atomic E-state index is 0.0413. The molecule has 0 saturated carbocycles. The molecular weight excluding hydrogens is 657 g/mol. The molecule has 0 aromatic heterocycles. The van der Waals surface area contributed by atoms with E-state index in [-0.39, 0.29) is 32.6 Å². The molecule has 1 rings (SSSR count). The number of rotatable bonds is 34. The van der Waals surface area contributed by atoms with Crippen molar-refractivity contribution in [2.45, 2.75) is 161 Å². The average Bonchev–Trinajstić information content (AvgIpc) is 3.85. The summed E-state index contributed by atoms with van der Waals surface area (Å²) in [5.41, 5.74) is 5.32. The Morgan fingerprint density at radius 2 is 1.34 bits per heavy atom. The van der Waals surface area contributed by atoms with Crippen molar-refractivity contribution in [2.24, 2.45) is 5.73 Å². The van der Waals surface area contributed by atoms with Crippen molar-refractivity contribution in [3.05, 3.63) is 48.6 Å². The molecule has 0 bridgehead atoms. The number of nitrogens with two attached hydrogens (primary N) is 1. The van der Waals surface area contributed by atoms with Crippen LogP contribution < -0.4 is 5.73 Å². The zero-order chi connectivity index (χ0) is 36.5. The fourth-order valence-electron chi connectivity index (χ4n) is 5.11. The van der Waals surface area contributed by atoms with Gasteiger partial charge in [0.1, 0.15) is 6.61 Å². The van der Waals surface area contributed by atoms with Crippen LogP contribution in [0.25, 0.3) is 0 Å². The lowest BCUT2D eigenvalue weighted by Gasteiger charge is -2.19. The first-order chi connectivity index (χ1) is 24.3. The molecule has 1 fully saturated rings. The van der Waals surface area contributed by atoms with Gasteiger partial charge in [-0.1, -0.05) is 114 Å². The minimum atomic E-state index is -4.39. The molecule has 11 heteroatoms. The number of hydrogen-bond acceptors (Lipinski definition) is 9. The largest absolute Gasteiger partial charge is 0.472 e. The molecule has 3 N–H and O–H groups in total. The van der Waals surface area contributed by atoms with E-state index in [1.54, 1.807) is 0 Å². The molecule has 0 spiro atoms. The molecule has 0 aromatic rings. The highest BCUT2D eigenvalue weighted by molar-refractivity contribution is 7.47. The minimum Gasteiger partial charge on any atom is -0.462 e. The van der Waals surface area contributed by atoms with Crippen LogP contribution in [0.4, 0.5) is 0 Å². The molecule has 0 aromatic carbocycles. The van der Waals surface area contributed by atoms with Gasteiger partial charge < -0.3 is 24.8 Å². The molecule has 0 amide bonds. The van der Waals surface area contributed by atoms with Crippen LogP contribution >= 0.6 is 7.82 Å². The van der Waals surface area contributed by atoms with E-state index in [1.165, 1.54) is 38.5 Å². The maximum atomic E-state index is 12.5. The van der Waals surface area contributed by atoms with Crippen molar-refractivity contribution < 1.29 is 42.3 Å². The zero-order valence-corrected chi connectivity index (χ0v) is 32.0. The number of ether oxygens (including phenoxy) is 3. The Labute approximate surface area is 302 Å². The van der Waals surface area contributed by atoms with Gasteiger partial charge in [0, 0.05) is 19.4 Å². The van der Waals surface area contributed by atoms with Crippen molar-refractivity contribution in [2.75, 3.05) is 26.4 Å². The normalized spacial score (nSPS) is 18.0. The summed E-state index contributed by atoms with van der Waals surface area (Å²) in [5, 5.41) is 0. The van der Waals surface area contributed by atoms with Crippen LogP contribution in [-0.2, 0) is 37.4 Å². The van der Waals surface area contributed by atoms with Gasteiger partial charge in [0.25, 0.3) is 0 Å². The molecule has 10 nitrogen and oxygen atoms in total. The van der Waals surface area contributed by atoms with Crippen LogP contribution in [0.1, 0.15) is 142 Å². The van der Waals surface area contributed by atoms with E-state index in [2.05, 4.69) is 56.4 Å². The second kappa shape index (κ2) is 31.6. The first-order valence-electron chi connectivity index (χ1n) is 19.2. The fourth-order valence-corrected chi connectivity index (χ4v) is 5.88. The third-order valence-corrected chi connectivity index (χ3v) is 9.10. The van der Waals surface area contributed by atoms with E-state index < -0.39 is 32.5 Å². The molecule has 50 heavy (non-hydrogen) atoms. The predicted octanol–water partition coefficient (Wildman–Crippen LogP) is 9.37. The second-order valence-corrected chi connectivity index (χ2v) is 14.3. The summed E-state index contributed by atoms with van der Waals surface area (Å²) in [6.45, 7) is 3.55. The highest BCUT2D eigenvalue weighted by atomic mass is 31.2. The topological polar surface area (TPSA) is 147 Å². The highest BCUT2D eigenvalue weighted by Crippen LogP contribution is 2.43. The molecule has 3 unspecified atom stereocenters. The van der Waals surface area contributed by atoms with Crippen LogP contribution in [0.2, 0.25) is 0 Å². The van der Waals surface area contributed by atoms with E-state index in [4.69, 9.17) is 29.0 Å². The third-order valence-electron chi connectivity index (χ3n) is 8.11. The summed E-state index contributed by atoms with van der Waals surface area (Å²) in [4.78, 5) is 34.7. The van der Waals surface area contributed by atoms with Gasteiger partial charge in [-0.25, -0.2) is 4.57 Å². The lowest BCUT2D eigenvalue weighted by Crippen LogP contribution is -2.29. The number of allylic oxidation sites excluding steroid dienone is 7. The van der Waals surface area contributed by atoms with Crippen molar-refractivity contribution in [1.82, 2.24) is 0 Å². The smallest absolute Gasteiger partial charge is 0.462 e. The lowest BCUT2D eigenvalue weighted by molar-refractivity contribution is -0.161. The summed E-state index contributed by atoms with van der Waals surface area (Å²) < 4.78 is 38.3. The predicted molar refractivity (Wildman–Crippen MR) is 201 cm³/mol. The second-order valence-electron chi connectivity index (χ2n) is 12.8. The van der Waals surface area contributed by atoms with Crippen molar-refractivity contribution in [1.29, 1.82) is 0 Å². The number of epoxide rings is 1. The lowest BCUT2D eigenvalue weighted by atomic mass is 10.1. The standard InChI is InChI=1S/C39H68NO9P/c1-3-5-7-8-9-10-11-16-19-22-26-30-39(42)48-35(34-47-50(43,44)46-32-31-40)33-45-38(41)29-25-21-18-15-13-12-14-17-20-24-28-37-36(49-37)27-23-6-4-2/h8-9,12,14-15,18,20,24,35-37H,3-7,10-11,13,16-17,19,21-23,25-34,40H2,1-2H3,(H,43,44)/b9-8-,14-12-,18-15-,24-20-/t35-,36?,37?/m1/s1.